The number of likely N-dealkylation sites (N-methyl/N-ethyl adjacent to an activating group) is 1. The average Bonchev–Trinajstić information content (AvgIpc) is 2.61. The Hall–Kier alpha value is -2.80. The fourth-order valence-corrected chi connectivity index (χ4v) is 3.06. The molecular formula is C19H24N4O3. The molecule has 0 bridgehead atoms. The summed E-state index contributed by atoms with van der Waals surface area (Å²) >= 11 is 0. The van der Waals surface area contributed by atoms with Gasteiger partial charge < -0.3 is 20.0 Å². The highest BCUT2D eigenvalue weighted by molar-refractivity contribution is 5.96. The second-order valence-corrected chi connectivity index (χ2v) is 6.70. The Labute approximate surface area is 152 Å². The molecule has 0 saturated carbocycles. The molecule has 3 rings (SSSR count). The van der Waals surface area contributed by atoms with E-state index in [1.807, 2.05) is 56.3 Å². The first-order chi connectivity index (χ1) is 12.5. The van der Waals surface area contributed by atoms with Crippen LogP contribution in [0.15, 0.2) is 47.4 Å². The van der Waals surface area contributed by atoms with Gasteiger partial charge in [0.25, 0.3) is 5.91 Å². The molecule has 7 nitrogen and oxygen atoms in total. The molecule has 0 radical (unpaired) electrons. The van der Waals surface area contributed by atoms with Gasteiger partial charge in [-0.25, -0.2) is 0 Å². The van der Waals surface area contributed by atoms with E-state index in [1.165, 1.54) is 6.07 Å². The van der Waals surface area contributed by atoms with E-state index in [-0.39, 0.29) is 35.4 Å². The zero-order valence-electron chi connectivity index (χ0n) is 15.3. The SMILES string of the molecule is CC(CN(C)C)N1CNn2ccc(=O)c(OCc3ccccc3)c2C1=O. The molecule has 2 heterocycles. The van der Waals surface area contributed by atoms with Gasteiger partial charge in [-0.1, -0.05) is 30.3 Å². The number of carbonyl (C=O) groups excluding carboxylic acids is 1. The van der Waals surface area contributed by atoms with Crippen molar-refractivity contribution in [1.82, 2.24) is 14.5 Å². The van der Waals surface area contributed by atoms with E-state index in [1.54, 1.807) is 15.8 Å². The molecule has 0 fully saturated rings. The van der Waals surface area contributed by atoms with E-state index in [9.17, 15) is 9.59 Å². The highest BCUT2D eigenvalue weighted by Gasteiger charge is 2.31. The van der Waals surface area contributed by atoms with E-state index in [4.69, 9.17) is 4.74 Å². The Kier molecular flexibility index (Phi) is 5.27. The van der Waals surface area contributed by atoms with Crippen molar-refractivity contribution < 1.29 is 9.53 Å². The summed E-state index contributed by atoms with van der Waals surface area (Å²) in [5.41, 5.74) is 4.02. The van der Waals surface area contributed by atoms with Gasteiger partial charge >= 0.3 is 0 Å². The number of carbonyl (C=O) groups is 1. The van der Waals surface area contributed by atoms with Crippen molar-refractivity contribution in [3.8, 4) is 5.75 Å². The molecule has 0 saturated heterocycles. The van der Waals surface area contributed by atoms with Gasteiger partial charge in [-0.3, -0.25) is 14.3 Å². The highest BCUT2D eigenvalue weighted by atomic mass is 16.5. The van der Waals surface area contributed by atoms with Crippen LogP contribution in [0.25, 0.3) is 0 Å². The van der Waals surface area contributed by atoms with E-state index in [2.05, 4.69) is 5.43 Å². The number of benzene rings is 1. The number of nitrogens with one attached hydrogen (secondary N) is 1. The number of hydrogen-bond donors (Lipinski definition) is 1. The van der Waals surface area contributed by atoms with Crippen LogP contribution < -0.4 is 15.6 Å². The Morgan fingerprint density at radius 2 is 1.92 bits per heavy atom. The van der Waals surface area contributed by atoms with E-state index >= 15 is 0 Å². The summed E-state index contributed by atoms with van der Waals surface area (Å²) in [6, 6.07) is 11.0. The lowest BCUT2D eigenvalue weighted by Crippen LogP contribution is -2.52. The van der Waals surface area contributed by atoms with Gasteiger partial charge in [-0.2, -0.15) is 0 Å². The van der Waals surface area contributed by atoms with Gasteiger partial charge in [0.2, 0.25) is 5.43 Å². The third-order valence-electron chi connectivity index (χ3n) is 4.32. The molecule has 1 atom stereocenters. The minimum absolute atomic E-state index is 0.00367. The summed E-state index contributed by atoms with van der Waals surface area (Å²) in [5.74, 6) is -0.130. The minimum Gasteiger partial charge on any atom is -0.482 e. The molecule has 1 amide bonds. The summed E-state index contributed by atoms with van der Waals surface area (Å²) in [5, 5.41) is 0. The molecule has 1 aliphatic rings. The zero-order valence-corrected chi connectivity index (χ0v) is 15.3. The first-order valence-electron chi connectivity index (χ1n) is 8.59. The topological polar surface area (TPSA) is 66.8 Å². The van der Waals surface area contributed by atoms with Crippen molar-refractivity contribution >= 4 is 5.91 Å². The van der Waals surface area contributed by atoms with Crippen LogP contribution in [0.2, 0.25) is 0 Å². The number of amides is 1. The summed E-state index contributed by atoms with van der Waals surface area (Å²) in [6.07, 6.45) is 1.57. The van der Waals surface area contributed by atoms with Crippen molar-refractivity contribution in [1.29, 1.82) is 0 Å². The van der Waals surface area contributed by atoms with Crippen LogP contribution >= 0.6 is 0 Å². The first-order valence-corrected chi connectivity index (χ1v) is 8.59. The van der Waals surface area contributed by atoms with Gasteiger partial charge in [0.15, 0.2) is 11.4 Å². The minimum atomic E-state index is -0.301. The summed E-state index contributed by atoms with van der Waals surface area (Å²) in [7, 11) is 3.93. The predicted octanol–water partition coefficient (Wildman–Crippen LogP) is 1.33. The number of fused-ring (bicyclic) bond motifs is 1. The largest absolute Gasteiger partial charge is 0.482 e. The van der Waals surface area contributed by atoms with Crippen molar-refractivity contribution in [2.24, 2.45) is 0 Å². The lowest BCUT2D eigenvalue weighted by atomic mass is 10.2. The van der Waals surface area contributed by atoms with Crippen LogP contribution in [-0.4, -0.2) is 53.7 Å². The zero-order chi connectivity index (χ0) is 18.7. The lowest BCUT2D eigenvalue weighted by molar-refractivity contribution is 0.0628. The van der Waals surface area contributed by atoms with Crippen LogP contribution in [0.4, 0.5) is 0 Å². The molecule has 26 heavy (non-hydrogen) atoms. The molecule has 138 valence electrons. The number of nitrogens with zero attached hydrogens (tertiary/aromatic N) is 3. The molecule has 1 aromatic heterocycles. The first kappa shape index (κ1) is 18.0. The van der Waals surface area contributed by atoms with E-state index in [0.29, 0.717) is 6.67 Å². The van der Waals surface area contributed by atoms with Crippen molar-refractivity contribution in [3.63, 3.8) is 0 Å². The van der Waals surface area contributed by atoms with Crippen LogP contribution in [0.1, 0.15) is 23.0 Å². The summed E-state index contributed by atoms with van der Waals surface area (Å²) in [4.78, 5) is 29.2. The number of hydrogen-bond acceptors (Lipinski definition) is 5. The molecule has 1 unspecified atom stereocenters. The standard InChI is InChI=1S/C19H24N4O3/c1-14(11-21(2)3)22-13-20-23-10-9-16(24)18(17(23)19(22)25)26-12-15-7-5-4-6-8-15/h4-10,14,20H,11-13H2,1-3H3. The predicted molar refractivity (Wildman–Crippen MR) is 99.9 cm³/mol. The molecule has 0 aliphatic carbocycles. The van der Waals surface area contributed by atoms with Crippen molar-refractivity contribution in [2.75, 3.05) is 32.7 Å². The molecule has 1 aromatic carbocycles. The van der Waals surface area contributed by atoms with Gasteiger partial charge in [-0.15, -0.1) is 0 Å². The van der Waals surface area contributed by atoms with E-state index < -0.39 is 0 Å². The van der Waals surface area contributed by atoms with Crippen LogP contribution in [0.5, 0.6) is 5.75 Å². The number of ether oxygens (including phenoxy) is 1. The molecule has 0 spiro atoms. The van der Waals surface area contributed by atoms with Crippen LogP contribution in [0.3, 0.4) is 0 Å². The fourth-order valence-electron chi connectivity index (χ4n) is 3.06. The molecule has 7 heteroatoms. The van der Waals surface area contributed by atoms with Gasteiger partial charge in [0, 0.05) is 24.8 Å². The Morgan fingerprint density at radius 1 is 1.19 bits per heavy atom. The second-order valence-electron chi connectivity index (χ2n) is 6.70. The van der Waals surface area contributed by atoms with Gasteiger partial charge in [0.1, 0.15) is 13.3 Å². The Bertz CT molecular complexity index is 832. The maximum atomic E-state index is 13.1. The molecule has 1 N–H and O–H groups in total. The van der Waals surface area contributed by atoms with Crippen LogP contribution in [0, 0.1) is 0 Å². The van der Waals surface area contributed by atoms with Crippen molar-refractivity contribution in [3.05, 3.63) is 64.1 Å². The maximum Gasteiger partial charge on any atom is 0.278 e. The Morgan fingerprint density at radius 3 is 2.62 bits per heavy atom. The molecule has 2 aromatic rings. The summed E-state index contributed by atoms with van der Waals surface area (Å²) in [6.45, 7) is 3.32. The van der Waals surface area contributed by atoms with Gasteiger partial charge in [0.05, 0.1) is 0 Å². The van der Waals surface area contributed by atoms with Crippen LogP contribution in [-0.2, 0) is 6.61 Å². The van der Waals surface area contributed by atoms with Gasteiger partial charge in [-0.05, 0) is 26.6 Å². The monoisotopic (exact) mass is 356 g/mol. The number of aromatic nitrogens is 1. The Balaban J connectivity index is 1.89. The van der Waals surface area contributed by atoms with E-state index in [0.717, 1.165) is 12.1 Å². The quantitative estimate of drug-likeness (QED) is 0.846. The molecular weight excluding hydrogens is 332 g/mol. The van der Waals surface area contributed by atoms with Crippen molar-refractivity contribution in [2.45, 2.75) is 19.6 Å². The molecule has 1 aliphatic heterocycles. The summed E-state index contributed by atoms with van der Waals surface area (Å²) < 4.78 is 7.34. The maximum absolute atomic E-state index is 13.1. The number of pyridine rings is 1. The third-order valence-corrected chi connectivity index (χ3v) is 4.32. The lowest BCUT2D eigenvalue weighted by Gasteiger charge is -2.36. The normalized spacial score (nSPS) is 14.8. The highest BCUT2D eigenvalue weighted by Crippen LogP contribution is 2.21. The average molecular weight is 356 g/mol. The smallest absolute Gasteiger partial charge is 0.278 e. The number of rotatable bonds is 6. The third kappa shape index (κ3) is 3.72. The second kappa shape index (κ2) is 7.61. The fraction of sp³-hybridized carbons (Fsp3) is 0.368.